The first kappa shape index (κ1) is 23.8. The molecule has 0 bridgehead atoms. The molecule has 7 heteroatoms. The number of primary amides is 1. The van der Waals surface area contributed by atoms with E-state index >= 15 is 0 Å². The smallest absolute Gasteiger partial charge is 0.246 e. The number of unbranched alkanes of at least 4 members (excludes halogenated alkanes) is 2. The zero-order valence-corrected chi connectivity index (χ0v) is 16.1. The summed E-state index contributed by atoms with van der Waals surface area (Å²) in [4.78, 5) is 23.1. The lowest BCUT2D eigenvalue weighted by Gasteiger charge is -2.15. The molecule has 0 fully saturated rings. The SMILES string of the molecule is CCCCCC(NC(=O)COCCOCCOCCC(C)C)C(N)=O. The van der Waals surface area contributed by atoms with Crippen LogP contribution in [-0.4, -0.2) is 57.5 Å². The maximum Gasteiger partial charge on any atom is 0.246 e. The molecule has 0 aliphatic heterocycles. The fourth-order valence-corrected chi connectivity index (χ4v) is 2.04. The van der Waals surface area contributed by atoms with Gasteiger partial charge in [0.25, 0.3) is 0 Å². The van der Waals surface area contributed by atoms with Gasteiger partial charge in [0.2, 0.25) is 11.8 Å². The van der Waals surface area contributed by atoms with Gasteiger partial charge in [-0.1, -0.05) is 40.0 Å². The van der Waals surface area contributed by atoms with Crippen LogP contribution >= 0.6 is 0 Å². The van der Waals surface area contributed by atoms with Gasteiger partial charge in [-0.25, -0.2) is 0 Å². The summed E-state index contributed by atoms with van der Waals surface area (Å²) >= 11 is 0. The molecule has 1 unspecified atom stereocenters. The van der Waals surface area contributed by atoms with Crippen molar-refractivity contribution in [3.05, 3.63) is 0 Å². The molecule has 0 aromatic rings. The molecule has 7 nitrogen and oxygen atoms in total. The summed E-state index contributed by atoms with van der Waals surface area (Å²) in [5.41, 5.74) is 5.30. The molecule has 0 aromatic heterocycles. The standard InChI is InChI=1S/C18H36N2O5/c1-4-5-6-7-16(18(19)22)20-17(21)14-25-13-12-24-11-10-23-9-8-15(2)3/h15-16H,4-14H2,1-3H3,(H2,19,22)(H,20,21). The van der Waals surface area contributed by atoms with Crippen molar-refractivity contribution in [1.82, 2.24) is 5.32 Å². The number of ether oxygens (including phenoxy) is 3. The lowest BCUT2D eigenvalue weighted by molar-refractivity contribution is -0.131. The normalized spacial score (nSPS) is 12.3. The zero-order chi connectivity index (χ0) is 18.9. The molecule has 1 atom stereocenters. The molecular weight excluding hydrogens is 324 g/mol. The van der Waals surface area contributed by atoms with E-state index < -0.39 is 11.9 Å². The highest BCUT2D eigenvalue weighted by Crippen LogP contribution is 2.03. The summed E-state index contributed by atoms with van der Waals surface area (Å²) in [5.74, 6) is -0.205. The van der Waals surface area contributed by atoms with Gasteiger partial charge in [-0.05, 0) is 18.8 Å². The summed E-state index contributed by atoms with van der Waals surface area (Å²) in [6.45, 7) is 8.82. The number of hydrogen-bond acceptors (Lipinski definition) is 5. The highest BCUT2D eigenvalue weighted by molar-refractivity contribution is 5.86. The Labute approximate surface area is 151 Å². The Bertz CT molecular complexity index is 350. The summed E-state index contributed by atoms with van der Waals surface area (Å²) in [5, 5.41) is 2.61. The van der Waals surface area contributed by atoms with Crippen LogP contribution in [0.15, 0.2) is 0 Å². The summed E-state index contributed by atoms with van der Waals surface area (Å²) in [6.07, 6.45) is 4.52. The molecule has 148 valence electrons. The van der Waals surface area contributed by atoms with Crippen LogP contribution in [0.4, 0.5) is 0 Å². The average Bonchev–Trinajstić information content (AvgIpc) is 2.55. The van der Waals surface area contributed by atoms with Crippen molar-refractivity contribution in [2.75, 3.05) is 39.6 Å². The molecular formula is C18H36N2O5. The van der Waals surface area contributed by atoms with Crippen molar-refractivity contribution < 1.29 is 23.8 Å². The van der Waals surface area contributed by atoms with E-state index in [-0.39, 0.29) is 12.5 Å². The fourth-order valence-electron chi connectivity index (χ4n) is 2.04. The van der Waals surface area contributed by atoms with Crippen LogP contribution in [0.3, 0.4) is 0 Å². The molecule has 0 aliphatic rings. The van der Waals surface area contributed by atoms with Gasteiger partial charge < -0.3 is 25.3 Å². The molecule has 0 saturated heterocycles. The van der Waals surface area contributed by atoms with Crippen molar-refractivity contribution in [3.63, 3.8) is 0 Å². The molecule has 3 N–H and O–H groups in total. The third-order valence-corrected chi connectivity index (χ3v) is 3.59. The van der Waals surface area contributed by atoms with E-state index in [1.165, 1.54) is 0 Å². The minimum atomic E-state index is -0.623. The molecule has 0 spiro atoms. The summed E-state index contributed by atoms with van der Waals surface area (Å²) in [6, 6.07) is -0.623. The van der Waals surface area contributed by atoms with Crippen LogP contribution in [0.2, 0.25) is 0 Å². The first-order chi connectivity index (χ1) is 12.0. The largest absolute Gasteiger partial charge is 0.379 e. The Kier molecular flexibility index (Phi) is 15.5. The Morgan fingerprint density at radius 3 is 2.08 bits per heavy atom. The van der Waals surface area contributed by atoms with E-state index in [2.05, 4.69) is 26.1 Å². The Hall–Kier alpha value is -1.18. The minimum Gasteiger partial charge on any atom is -0.379 e. The zero-order valence-electron chi connectivity index (χ0n) is 16.1. The second-order valence-corrected chi connectivity index (χ2v) is 6.48. The van der Waals surface area contributed by atoms with Crippen LogP contribution in [0.25, 0.3) is 0 Å². The fraction of sp³-hybridized carbons (Fsp3) is 0.889. The van der Waals surface area contributed by atoms with Gasteiger partial charge in [0.1, 0.15) is 12.6 Å². The van der Waals surface area contributed by atoms with Gasteiger partial charge in [-0.15, -0.1) is 0 Å². The van der Waals surface area contributed by atoms with E-state index in [9.17, 15) is 9.59 Å². The third-order valence-electron chi connectivity index (χ3n) is 3.59. The molecule has 25 heavy (non-hydrogen) atoms. The Morgan fingerprint density at radius 1 is 0.920 bits per heavy atom. The van der Waals surface area contributed by atoms with Crippen molar-refractivity contribution in [1.29, 1.82) is 0 Å². The second-order valence-electron chi connectivity index (χ2n) is 6.48. The van der Waals surface area contributed by atoms with Crippen LogP contribution in [-0.2, 0) is 23.8 Å². The first-order valence-electron chi connectivity index (χ1n) is 9.29. The average molecular weight is 360 g/mol. The van der Waals surface area contributed by atoms with Crippen LogP contribution in [0.1, 0.15) is 52.9 Å². The highest BCUT2D eigenvalue weighted by atomic mass is 16.5. The molecule has 0 aliphatic carbocycles. The Morgan fingerprint density at radius 2 is 1.52 bits per heavy atom. The molecule has 0 rings (SSSR count). The highest BCUT2D eigenvalue weighted by Gasteiger charge is 2.17. The topological polar surface area (TPSA) is 99.9 Å². The van der Waals surface area contributed by atoms with E-state index in [0.717, 1.165) is 32.3 Å². The van der Waals surface area contributed by atoms with E-state index in [4.69, 9.17) is 19.9 Å². The lowest BCUT2D eigenvalue weighted by atomic mass is 10.1. The lowest BCUT2D eigenvalue weighted by Crippen LogP contribution is -2.45. The molecule has 0 saturated carbocycles. The molecule has 0 heterocycles. The maximum atomic E-state index is 11.7. The van der Waals surface area contributed by atoms with E-state index in [0.29, 0.717) is 38.8 Å². The number of nitrogens with two attached hydrogens (primary N) is 1. The van der Waals surface area contributed by atoms with Crippen molar-refractivity contribution in [3.8, 4) is 0 Å². The van der Waals surface area contributed by atoms with Crippen LogP contribution < -0.4 is 11.1 Å². The summed E-state index contributed by atoms with van der Waals surface area (Å²) < 4.78 is 16.0. The van der Waals surface area contributed by atoms with Gasteiger partial charge in [0.15, 0.2) is 0 Å². The van der Waals surface area contributed by atoms with Gasteiger partial charge in [-0.3, -0.25) is 9.59 Å². The van der Waals surface area contributed by atoms with Gasteiger partial charge in [0.05, 0.1) is 26.4 Å². The van der Waals surface area contributed by atoms with E-state index in [1.54, 1.807) is 0 Å². The predicted octanol–water partition coefficient (Wildman–Crippen LogP) is 1.63. The number of carbonyl (C=O) groups is 2. The van der Waals surface area contributed by atoms with E-state index in [1.807, 2.05) is 0 Å². The number of carbonyl (C=O) groups excluding carboxylic acids is 2. The predicted molar refractivity (Wildman–Crippen MR) is 97.2 cm³/mol. The van der Waals surface area contributed by atoms with Crippen LogP contribution in [0.5, 0.6) is 0 Å². The molecule has 0 radical (unpaired) electrons. The number of amides is 2. The molecule has 2 amide bonds. The third kappa shape index (κ3) is 16.1. The van der Waals surface area contributed by atoms with Crippen molar-refractivity contribution in [2.24, 2.45) is 11.7 Å². The monoisotopic (exact) mass is 360 g/mol. The quantitative estimate of drug-likeness (QED) is 0.384. The van der Waals surface area contributed by atoms with Gasteiger partial charge >= 0.3 is 0 Å². The summed E-state index contributed by atoms with van der Waals surface area (Å²) in [7, 11) is 0. The minimum absolute atomic E-state index is 0.105. The van der Waals surface area contributed by atoms with Crippen molar-refractivity contribution >= 4 is 11.8 Å². The Balaban J connectivity index is 3.57. The first-order valence-corrected chi connectivity index (χ1v) is 9.29. The van der Waals surface area contributed by atoms with Crippen LogP contribution in [0, 0.1) is 5.92 Å². The van der Waals surface area contributed by atoms with Crippen molar-refractivity contribution in [2.45, 2.75) is 58.9 Å². The molecule has 0 aromatic carbocycles. The number of rotatable bonds is 17. The number of hydrogen-bond donors (Lipinski definition) is 2. The second kappa shape index (κ2) is 16.3. The number of nitrogens with one attached hydrogen (secondary N) is 1. The maximum absolute atomic E-state index is 11.7. The van der Waals surface area contributed by atoms with Gasteiger partial charge in [-0.2, -0.15) is 0 Å². The van der Waals surface area contributed by atoms with Gasteiger partial charge in [0, 0.05) is 6.61 Å².